The van der Waals surface area contributed by atoms with Gasteiger partial charge in [0.25, 0.3) is 0 Å². The van der Waals surface area contributed by atoms with Crippen molar-refractivity contribution in [1.29, 1.82) is 0 Å². The normalized spacial score (nSPS) is 13.7. The van der Waals surface area contributed by atoms with Crippen molar-refractivity contribution in [3.05, 3.63) is 0 Å². The zero-order valence-electron chi connectivity index (χ0n) is 13.9. The lowest BCUT2D eigenvalue weighted by atomic mass is 9.81. The van der Waals surface area contributed by atoms with E-state index in [1.54, 1.807) is 0 Å². The van der Waals surface area contributed by atoms with Crippen LogP contribution in [0.15, 0.2) is 0 Å². The van der Waals surface area contributed by atoms with E-state index in [4.69, 9.17) is 11.6 Å². The van der Waals surface area contributed by atoms with Gasteiger partial charge in [-0.05, 0) is 25.2 Å². The summed E-state index contributed by atoms with van der Waals surface area (Å²) in [4.78, 5) is 0.0654. The van der Waals surface area contributed by atoms with Gasteiger partial charge < -0.3 is 0 Å². The molecule has 1 unspecified atom stereocenters. The molecule has 0 bridgehead atoms. The zero-order valence-corrected chi connectivity index (χ0v) is 14.7. The SMILES string of the molecule is CCCCCCCCCCC(CC)C(Cl)(CC)CC. The molecule has 0 aromatic heterocycles. The van der Waals surface area contributed by atoms with Crippen LogP contribution in [0.3, 0.4) is 0 Å². The maximum atomic E-state index is 6.77. The summed E-state index contributed by atoms with van der Waals surface area (Å²) < 4.78 is 0. The van der Waals surface area contributed by atoms with Crippen LogP contribution in [0.5, 0.6) is 0 Å². The van der Waals surface area contributed by atoms with Gasteiger partial charge in [0.2, 0.25) is 0 Å². The molecule has 0 fully saturated rings. The predicted molar refractivity (Wildman–Crippen MR) is 90.2 cm³/mol. The van der Waals surface area contributed by atoms with Gasteiger partial charge in [-0.1, -0.05) is 85.5 Å². The molecule has 19 heavy (non-hydrogen) atoms. The largest absolute Gasteiger partial charge is 0.119 e. The summed E-state index contributed by atoms with van der Waals surface area (Å²) in [6.45, 7) is 9.07. The average molecular weight is 289 g/mol. The molecular formula is C18H37Cl. The van der Waals surface area contributed by atoms with Gasteiger partial charge in [-0.2, -0.15) is 0 Å². The monoisotopic (exact) mass is 288 g/mol. The van der Waals surface area contributed by atoms with Crippen molar-refractivity contribution in [2.45, 2.75) is 110 Å². The van der Waals surface area contributed by atoms with E-state index in [1.165, 1.54) is 64.2 Å². The summed E-state index contributed by atoms with van der Waals surface area (Å²) >= 11 is 6.77. The number of halogens is 1. The third-order valence-electron chi connectivity index (χ3n) is 4.81. The summed E-state index contributed by atoms with van der Waals surface area (Å²) in [7, 11) is 0. The van der Waals surface area contributed by atoms with Crippen molar-refractivity contribution in [1.82, 2.24) is 0 Å². The Morgan fingerprint density at radius 3 is 1.63 bits per heavy atom. The third-order valence-corrected chi connectivity index (χ3v) is 5.65. The highest BCUT2D eigenvalue weighted by Crippen LogP contribution is 2.38. The van der Waals surface area contributed by atoms with Gasteiger partial charge in [-0.25, -0.2) is 0 Å². The molecule has 0 radical (unpaired) electrons. The van der Waals surface area contributed by atoms with Crippen molar-refractivity contribution in [3.63, 3.8) is 0 Å². The van der Waals surface area contributed by atoms with Crippen LogP contribution in [0.25, 0.3) is 0 Å². The fraction of sp³-hybridized carbons (Fsp3) is 1.00. The lowest BCUT2D eigenvalue weighted by Gasteiger charge is -2.33. The molecule has 0 heterocycles. The van der Waals surface area contributed by atoms with E-state index in [2.05, 4.69) is 27.7 Å². The summed E-state index contributed by atoms with van der Waals surface area (Å²) in [5.74, 6) is 0.712. The molecule has 0 aromatic rings. The maximum absolute atomic E-state index is 6.77. The molecule has 0 rings (SSSR count). The zero-order chi connectivity index (χ0) is 14.6. The first-order valence-corrected chi connectivity index (χ1v) is 9.21. The Morgan fingerprint density at radius 2 is 1.21 bits per heavy atom. The van der Waals surface area contributed by atoms with Crippen LogP contribution in [0.1, 0.15) is 105 Å². The Bertz CT molecular complexity index is 184. The molecule has 0 aliphatic carbocycles. The molecule has 0 aromatic carbocycles. The Kier molecular flexibility index (Phi) is 12.2. The van der Waals surface area contributed by atoms with Crippen LogP contribution in [0.2, 0.25) is 0 Å². The molecule has 0 saturated carbocycles. The van der Waals surface area contributed by atoms with Crippen molar-refractivity contribution in [2.24, 2.45) is 5.92 Å². The van der Waals surface area contributed by atoms with Gasteiger partial charge in [0.05, 0.1) is 0 Å². The second kappa shape index (κ2) is 12.1. The van der Waals surface area contributed by atoms with Crippen molar-refractivity contribution < 1.29 is 0 Å². The molecule has 1 atom stereocenters. The Morgan fingerprint density at radius 1 is 0.737 bits per heavy atom. The molecule has 0 saturated heterocycles. The summed E-state index contributed by atoms with van der Waals surface area (Å²) in [5, 5.41) is 0. The lowest BCUT2D eigenvalue weighted by Crippen LogP contribution is -2.30. The number of unbranched alkanes of at least 4 members (excludes halogenated alkanes) is 7. The van der Waals surface area contributed by atoms with Crippen LogP contribution in [0, 0.1) is 5.92 Å². The molecule has 1 heteroatoms. The summed E-state index contributed by atoms with van der Waals surface area (Å²) in [6.07, 6.45) is 16.1. The lowest BCUT2D eigenvalue weighted by molar-refractivity contribution is 0.306. The Labute approximate surface area is 127 Å². The number of alkyl halides is 1. The standard InChI is InChI=1S/C18H37Cl/c1-5-9-10-11-12-13-14-15-16-17(6-2)18(19,7-3)8-4/h17H,5-16H2,1-4H3. The predicted octanol–water partition coefficient (Wildman–Crippen LogP) is 7.34. The minimum atomic E-state index is 0.0654. The Balaban J connectivity index is 3.67. The molecule has 0 aliphatic heterocycles. The third kappa shape index (κ3) is 8.23. The first-order chi connectivity index (χ1) is 9.14. The van der Waals surface area contributed by atoms with E-state index >= 15 is 0 Å². The minimum Gasteiger partial charge on any atom is -0.119 e. The average Bonchev–Trinajstić information content (AvgIpc) is 2.45. The summed E-state index contributed by atoms with van der Waals surface area (Å²) in [6, 6.07) is 0. The fourth-order valence-corrected chi connectivity index (χ4v) is 3.44. The molecule has 0 nitrogen and oxygen atoms in total. The molecule has 0 spiro atoms. The van der Waals surface area contributed by atoms with Crippen LogP contribution in [-0.2, 0) is 0 Å². The number of hydrogen-bond acceptors (Lipinski definition) is 0. The fourth-order valence-electron chi connectivity index (χ4n) is 3.18. The van der Waals surface area contributed by atoms with Gasteiger partial charge >= 0.3 is 0 Å². The van der Waals surface area contributed by atoms with Crippen LogP contribution in [0.4, 0.5) is 0 Å². The number of hydrogen-bond donors (Lipinski definition) is 0. The number of rotatable bonds is 13. The maximum Gasteiger partial charge on any atom is 0.0469 e. The minimum absolute atomic E-state index is 0.0654. The second-order valence-electron chi connectivity index (χ2n) is 6.11. The van der Waals surface area contributed by atoms with Crippen LogP contribution >= 0.6 is 11.6 Å². The topological polar surface area (TPSA) is 0 Å². The molecule has 0 N–H and O–H groups in total. The molecule has 116 valence electrons. The van der Waals surface area contributed by atoms with E-state index in [0.29, 0.717) is 5.92 Å². The smallest absolute Gasteiger partial charge is 0.0469 e. The van der Waals surface area contributed by atoms with Gasteiger partial charge in [-0.3, -0.25) is 0 Å². The summed E-state index contributed by atoms with van der Waals surface area (Å²) in [5.41, 5.74) is 0. The van der Waals surface area contributed by atoms with Crippen molar-refractivity contribution >= 4 is 11.6 Å². The van der Waals surface area contributed by atoms with Gasteiger partial charge in [-0.15, -0.1) is 11.6 Å². The van der Waals surface area contributed by atoms with E-state index in [9.17, 15) is 0 Å². The van der Waals surface area contributed by atoms with Gasteiger partial charge in [0, 0.05) is 4.87 Å². The quantitative estimate of drug-likeness (QED) is 0.246. The van der Waals surface area contributed by atoms with Crippen molar-refractivity contribution in [2.75, 3.05) is 0 Å². The highest BCUT2D eigenvalue weighted by molar-refractivity contribution is 6.24. The van der Waals surface area contributed by atoms with E-state index in [1.807, 2.05) is 0 Å². The first-order valence-electron chi connectivity index (χ1n) is 8.83. The van der Waals surface area contributed by atoms with Gasteiger partial charge in [0.1, 0.15) is 0 Å². The molecular weight excluding hydrogens is 252 g/mol. The molecule has 0 aliphatic rings. The van der Waals surface area contributed by atoms with Gasteiger partial charge in [0.15, 0.2) is 0 Å². The van der Waals surface area contributed by atoms with Crippen LogP contribution in [-0.4, -0.2) is 4.87 Å². The second-order valence-corrected chi connectivity index (χ2v) is 6.86. The van der Waals surface area contributed by atoms with Crippen molar-refractivity contribution in [3.8, 4) is 0 Å². The molecule has 0 amide bonds. The first kappa shape index (κ1) is 19.3. The van der Waals surface area contributed by atoms with E-state index in [0.717, 1.165) is 12.8 Å². The van der Waals surface area contributed by atoms with E-state index < -0.39 is 0 Å². The highest BCUT2D eigenvalue weighted by Gasteiger charge is 2.31. The highest BCUT2D eigenvalue weighted by atomic mass is 35.5. The van der Waals surface area contributed by atoms with Crippen LogP contribution < -0.4 is 0 Å². The Hall–Kier alpha value is 0.290. The van der Waals surface area contributed by atoms with E-state index in [-0.39, 0.29) is 4.87 Å².